The molecule has 0 bridgehead atoms. The van der Waals surface area contributed by atoms with Gasteiger partial charge in [0.1, 0.15) is 0 Å². The highest BCUT2D eigenvalue weighted by atomic mass is 16.2. The van der Waals surface area contributed by atoms with E-state index in [4.69, 9.17) is 4.98 Å². The van der Waals surface area contributed by atoms with Gasteiger partial charge >= 0.3 is 0 Å². The van der Waals surface area contributed by atoms with E-state index in [0.29, 0.717) is 11.5 Å². The summed E-state index contributed by atoms with van der Waals surface area (Å²) in [6.45, 7) is 6.63. The van der Waals surface area contributed by atoms with Gasteiger partial charge in [-0.1, -0.05) is 37.3 Å². The second-order valence-electron chi connectivity index (χ2n) is 7.12. The van der Waals surface area contributed by atoms with Crippen LogP contribution in [-0.2, 0) is 6.54 Å². The summed E-state index contributed by atoms with van der Waals surface area (Å²) in [5.41, 5.74) is 3.32. The van der Waals surface area contributed by atoms with Crippen LogP contribution in [0.25, 0.3) is 22.3 Å². The number of nitrogens with zero attached hydrogens (tertiary/aromatic N) is 4. The van der Waals surface area contributed by atoms with E-state index in [1.807, 2.05) is 52.9 Å². The lowest BCUT2D eigenvalue weighted by Gasteiger charge is -2.31. The molecule has 5 heteroatoms. The van der Waals surface area contributed by atoms with Crippen LogP contribution in [0.15, 0.2) is 42.6 Å². The first-order chi connectivity index (χ1) is 12.7. The monoisotopic (exact) mass is 348 g/mol. The summed E-state index contributed by atoms with van der Waals surface area (Å²) in [5, 5.41) is 5.28. The maximum absolute atomic E-state index is 13.3. The van der Waals surface area contributed by atoms with Gasteiger partial charge in [0.25, 0.3) is 5.91 Å². The van der Waals surface area contributed by atoms with Crippen LogP contribution in [0, 0.1) is 5.92 Å². The summed E-state index contributed by atoms with van der Waals surface area (Å²) in [6.07, 6.45) is 4.04. The van der Waals surface area contributed by atoms with Crippen LogP contribution < -0.4 is 0 Å². The van der Waals surface area contributed by atoms with Crippen LogP contribution in [0.1, 0.15) is 37.0 Å². The van der Waals surface area contributed by atoms with E-state index in [1.54, 1.807) is 6.20 Å². The third-order valence-corrected chi connectivity index (χ3v) is 5.15. The number of amides is 1. The number of carbonyl (C=O) groups excluding carboxylic acids is 1. The van der Waals surface area contributed by atoms with E-state index in [-0.39, 0.29) is 5.91 Å². The molecule has 0 spiro atoms. The number of fused-ring (bicyclic) bond motifs is 1. The van der Waals surface area contributed by atoms with Gasteiger partial charge in [-0.25, -0.2) is 9.67 Å². The molecule has 5 nitrogen and oxygen atoms in total. The van der Waals surface area contributed by atoms with E-state index < -0.39 is 0 Å². The van der Waals surface area contributed by atoms with E-state index >= 15 is 0 Å². The van der Waals surface area contributed by atoms with Crippen LogP contribution in [0.2, 0.25) is 0 Å². The molecule has 26 heavy (non-hydrogen) atoms. The zero-order valence-corrected chi connectivity index (χ0v) is 15.4. The second kappa shape index (κ2) is 6.90. The Bertz CT molecular complexity index is 932. The van der Waals surface area contributed by atoms with E-state index in [9.17, 15) is 4.79 Å². The average Bonchev–Trinajstić information content (AvgIpc) is 3.10. The fraction of sp³-hybridized carbons (Fsp3) is 0.381. The number of aromatic nitrogens is 3. The molecule has 0 radical (unpaired) electrons. The topological polar surface area (TPSA) is 51.0 Å². The molecule has 1 fully saturated rings. The Morgan fingerprint density at radius 1 is 1.27 bits per heavy atom. The van der Waals surface area contributed by atoms with Crippen molar-refractivity contribution in [1.82, 2.24) is 19.7 Å². The van der Waals surface area contributed by atoms with Gasteiger partial charge in [-0.05, 0) is 31.7 Å². The van der Waals surface area contributed by atoms with Crippen LogP contribution in [0.3, 0.4) is 0 Å². The van der Waals surface area contributed by atoms with Crippen LogP contribution in [-0.4, -0.2) is 38.7 Å². The summed E-state index contributed by atoms with van der Waals surface area (Å²) in [5.74, 6) is 0.647. The van der Waals surface area contributed by atoms with Gasteiger partial charge in [-0.2, -0.15) is 5.10 Å². The number of hydrogen-bond acceptors (Lipinski definition) is 3. The predicted octanol–water partition coefficient (Wildman–Crippen LogP) is 3.99. The number of pyridine rings is 1. The molecule has 1 aliphatic heterocycles. The van der Waals surface area contributed by atoms with E-state index in [0.717, 1.165) is 48.3 Å². The summed E-state index contributed by atoms with van der Waals surface area (Å²) in [7, 11) is 0. The Labute approximate surface area is 153 Å². The standard InChI is InChI=1S/C21H24N4O/c1-3-25-20-18(13-22-25)17(21(26)24-11-7-8-15(2)14-24)12-19(23-20)16-9-5-4-6-10-16/h4-6,9-10,12-13,15H,3,7-8,11,14H2,1-2H3. The van der Waals surface area contributed by atoms with Crippen molar-refractivity contribution in [2.24, 2.45) is 5.92 Å². The minimum atomic E-state index is 0.0942. The molecule has 3 aromatic rings. The third-order valence-electron chi connectivity index (χ3n) is 5.15. The number of carbonyl (C=O) groups is 1. The van der Waals surface area contributed by atoms with Crippen molar-refractivity contribution in [3.63, 3.8) is 0 Å². The molecule has 0 N–H and O–H groups in total. The fourth-order valence-corrected chi connectivity index (χ4v) is 3.76. The van der Waals surface area contributed by atoms with Gasteiger partial charge in [0, 0.05) is 25.2 Å². The molecule has 1 aliphatic rings. The molecule has 1 aromatic carbocycles. The number of hydrogen-bond donors (Lipinski definition) is 0. The number of benzene rings is 1. The van der Waals surface area contributed by atoms with Crippen molar-refractivity contribution in [1.29, 1.82) is 0 Å². The minimum Gasteiger partial charge on any atom is -0.338 e. The third kappa shape index (κ3) is 2.98. The van der Waals surface area contributed by atoms with Gasteiger partial charge in [-0.3, -0.25) is 4.79 Å². The normalized spacial score (nSPS) is 17.6. The zero-order chi connectivity index (χ0) is 18.1. The van der Waals surface area contributed by atoms with Crippen LogP contribution >= 0.6 is 0 Å². The molecule has 0 aliphatic carbocycles. The smallest absolute Gasteiger partial charge is 0.254 e. The van der Waals surface area contributed by atoms with Crippen molar-refractivity contribution in [2.45, 2.75) is 33.2 Å². The van der Waals surface area contributed by atoms with Gasteiger partial charge in [0.2, 0.25) is 0 Å². The first kappa shape index (κ1) is 16.8. The molecule has 0 saturated carbocycles. The maximum Gasteiger partial charge on any atom is 0.254 e. The molecule has 1 amide bonds. The Kier molecular flexibility index (Phi) is 4.45. The fourth-order valence-electron chi connectivity index (χ4n) is 3.76. The second-order valence-corrected chi connectivity index (χ2v) is 7.12. The Morgan fingerprint density at radius 3 is 2.81 bits per heavy atom. The summed E-state index contributed by atoms with van der Waals surface area (Å²) in [4.78, 5) is 20.1. The van der Waals surface area contributed by atoms with Crippen molar-refractivity contribution >= 4 is 16.9 Å². The van der Waals surface area contributed by atoms with Crippen molar-refractivity contribution in [3.05, 3.63) is 48.2 Å². The summed E-state index contributed by atoms with van der Waals surface area (Å²) in [6, 6.07) is 12.0. The maximum atomic E-state index is 13.3. The quantitative estimate of drug-likeness (QED) is 0.719. The van der Waals surface area contributed by atoms with Crippen molar-refractivity contribution in [3.8, 4) is 11.3 Å². The molecular weight excluding hydrogens is 324 g/mol. The largest absolute Gasteiger partial charge is 0.338 e. The molecule has 134 valence electrons. The highest BCUT2D eigenvalue weighted by molar-refractivity contribution is 6.06. The molecule has 4 rings (SSSR count). The van der Waals surface area contributed by atoms with Gasteiger partial charge in [-0.15, -0.1) is 0 Å². The molecular formula is C21H24N4O. The SMILES string of the molecule is CCn1ncc2c(C(=O)N3CCCC(C)C3)cc(-c3ccccc3)nc21. The Hall–Kier alpha value is -2.69. The highest BCUT2D eigenvalue weighted by Crippen LogP contribution is 2.27. The lowest BCUT2D eigenvalue weighted by molar-refractivity contribution is 0.0685. The highest BCUT2D eigenvalue weighted by Gasteiger charge is 2.25. The van der Waals surface area contributed by atoms with Crippen molar-refractivity contribution < 1.29 is 4.79 Å². The average molecular weight is 348 g/mol. The zero-order valence-electron chi connectivity index (χ0n) is 15.4. The number of piperidine rings is 1. The number of rotatable bonds is 3. The molecule has 1 unspecified atom stereocenters. The first-order valence-corrected chi connectivity index (χ1v) is 9.38. The number of aryl methyl sites for hydroxylation is 1. The Balaban J connectivity index is 1.84. The molecule has 1 saturated heterocycles. The molecule has 3 heterocycles. The van der Waals surface area contributed by atoms with Gasteiger partial charge in [0.15, 0.2) is 5.65 Å². The number of likely N-dealkylation sites (tertiary alicyclic amines) is 1. The van der Waals surface area contributed by atoms with Gasteiger partial charge in [0.05, 0.1) is 22.8 Å². The summed E-state index contributed by atoms with van der Waals surface area (Å²) >= 11 is 0. The van der Waals surface area contributed by atoms with E-state index in [2.05, 4.69) is 12.0 Å². The lowest BCUT2D eigenvalue weighted by Crippen LogP contribution is -2.39. The van der Waals surface area contributed by atoms with Crippen molar-refractivity contribution in [2.75, 3.05) is 13.1 Å². The predicted molar refractivity (Wildman–Crippen MR) is 103 cm³/mol. The first-order valence-electron chi connectivity index (χ1n) is 9.38. The minimum absolute atomic E-state index is 0.0942. The van der Waals surface area contributed by atoms with Gasteiger partial charge < -0.3 is 4.90 Å². The van der Waals surface area contributed by atoms with Crippen LogP contribution in [0.5, 0.6) is 0 Å². The molecule has 1 atom stereocenters. The van der Waals surface area contributed by atoms with Crippen LogP contribution in [0.4, 0.5) is 0 Å². The van der Waals surface area contributed by atoms with E-state index in [1.165, 1.54) is 6.42 Å². The summed E-state index contributed by atoms with van der Waals surface area (Å²) < 4.78 is 1.86. The lowest BCUT2D eigenvalue weighted by atomic mass is 9.99. The Morgan fingerprint density at radius 2 is 2.08 bits per heavy atom. The molecule has 2 aromatic heterocycles.